The third-order valence-electron chi connectivity index (χ3n) is 3.16. The van der Waals surface area contributed by atoms with Crippen molar-refractivity contribution in [1.29, 1.82) is 0 Å². The topological polar surface area (TPSA) is 81.1 Å². The molecular formula is C11H19N5. The Morgan fingerprint density at radius 3 is 2.62 bits per heavy atom. The minimum Gasteiger partial charge on any atom is -0.383 e. The van der Waals surface area contributed by atoms with Crippen LogP contribution in [0.5, 0.6) is 0 Å². The first kappa shape index (κ1) is 11.0. The molecule has 0 bridgehead atoms. The summed E-state index contributed by atoms with van der Waals surface area (Å²) in [5, 5.41) is 0. The van der Waals surface area contributed by atoms with E-state index in [2.05, 4.69) is 21.8 Å². The lowest BCUT2D eigenvalue weighted by Crippen LogP contribution is -2.33. The Labute approximate surface area is 95.9 Å². The summed E-state index contributed by atoms with van der Waals surface area (Å²) in [7, 11) is 0. The lowest BCUT2D eigenvalue weighted by molar-refractivity contribution is 0.318. The summed E-state index contributed by atoms with van der Waals surface area (Å²) in [6, 6.07) is 1.79. The first-order valence-electron chi connectivity index (χ1n) is 5.84. The van der Waals surface area contributed by atoms with Crippen molar-refractivity contribution in [3.05, 3.63) is 6.07 Å². The average molecular weight is 221 g/mol. The zero-order valence-electron chi connectivity index (χ0n) is 9.69. The van der Waals surface area contributed by atoms with Gasteiger partial charge in [0, 0.05) is 19.2 Å². The summed E-state index contributed by atoms with van der Waals surface area (Å²) in [5.74, 6) is 2.34. The van der Waals surface area contributed by atoms with Crippen LogP contribution in [-0.4, -0.2) is 23.1 Å². The minimum absolute atomic E-state index is 0.252. The molecule has 4 N–H and O–H groups in total. The van der Waals surface area contributed by atoms with Crippen LogP contribution in [0.15, 0.2) is 6.07 Å². The molecule has 0 aromatic carbocycles. The van der Waals surface area contributed by atoms with E-state index >= 15 is 0 Å². The van der Waals surface area contributed by atoms with Crippen molar-refractivity contribution < 1.29 is 0 Å². The molecule has 1 saturated carbocycles. The minimum atomic E-state index is 0.252. The summed E-state index contributed by atoms with van der Waals surface area (Å²) < 4.78 is 0. The van der Waals surface area contributed by atoms with E-state index in [9.17, 15) is 0 Å². The summed E-state index contributed by atoms with van der Waals surface area (Å²) in [4.78, 5) is 10.3. The summed E-state index contributed by atoms with van der Waals surface area (Å²) >= 11 is 0. The number of nitrogens with two attached hydrogens (primary N) is 2. The Kier molecular flexibility index (Phi) is 3.12. The predicted octanol–water partition coefficient (Wildman–Crippen LogP) is 1.27. The highest BCUT2D eigenvalue weighted by Gasteiger charge is 2.21. The fraction of sp³-hybridized carbons (Fsp3) is 0.636. The van der Waals surface area contributed by atoms with Gasteiger partial charge in [-0.25, -0.2) is 0 Å². The van der Waals surface area contributed by atoms with Crippen LogP contribution in [0.3, 0.4) is 0 Å². The van der Waals surface area contributed by atoms with Crippen LogP contribution in [0.4, 0.5) is 17.6 Å². The molecule has 5 nitrogen and oxygen atoms in total. The van der Waals surface area contributed by atoms with Gasteiger partial charge in [-0.1, -0.05) is 6.42 Å². The highest BCUT2D eigenvalue weighted by molar-refractivity contribution is 5.50. The molecule has 1 aliphatic carbocycles. The lowest BCUT2D eigenvalue weighted by atomic mass is 9.85. The van der Waals surface area contributed by atoms with Gasteiger partial charge < -0.3 is 16.4 Å². The molecule has 0 spiro atoms. The third-order valence-corrected chi connectivity index (χ3v) is 3.16. The molecule has 2 rings (SSSR count). The SMILES string of the molecule is CCN(CC1CCC1)c1cc(N)nc(N)n1. The van der Waals surface area contributed by atoms with E-state index in [-0.39, 0.29) is 5.95 Å². The zero-order chi connectivity index (χ0) is 11.5. The van der Waals surface area contributed by atoms with Crippen molar-refractivity contribution in [1.82, 2.24) is 9.97 Å². The number of hydrogen-bond acceptors (Lipinski definition) is 5. The van der Waals surface area contributed by atoms with Crippen LogP contribution in [0.2, 0.25) is 0 Å². The highest BCUT2D eigenvalue weighted by Crippen LogP contribution is 2.28. The first-order valence-corrected chi connectivity index (χ1v) is 5.84. The van der Waals surface area contributed by atoms with Gasteiger partial charge in [0.2, 0.25) is 5.95 Å². The number of nitrogen functional groups attached to an aromatic ring is 2. The summed E-state index contributed by atoms with van der Waals surface area (Å²) in [6.45, 7) is 4.09. The standard InChI is InChI=1S/C11H19N5/c1-2-16(7-8-4-3-5-8)10-6-9(12)14-11(13)15-10/h6,8H,2-5,7H2,1H3,(H4,12,13,14,15). The van der Waals surface area contributed by atoms with Crippen LogP contribution in [-0.2, 0) is 0 Å². The van der Waals surface area contributed by atoms with Crippen LogP contribution in [0.1, 0.15) is 26.2 Å². The summed E-state index contributed by atoms with van der Waals surface area (Å²) in [5.41, 5.74) is 11.3. The van der Waals surface area contributed by atoms with E-state index < -0.39 is 0 Å². The number of aromatic nitrogens is 2. The second-order valence-electron chi connectivity index (χ2n) is 4.34. The van der Waals surface area contributed by atoms with Crippen LogP contribution in [0, 0.1) is 5.92 Å². The quantitative estimate of drug-likeness (QED) is 0.800. The van der Waals surface area contributed by atoms with Crippen molar-refractivity contribution in [3.63, 3.8) is 0 Å². The monoisotopic (exact) mass is 221 g/mol. The maximum Gasteiger partial charge on any atom is 0.223 e. The van der Waals surface area contributed by atoms with E-state index in [1.807, 2.05) is 0 Å². The summed E-state index contributed by atoms with van der Waals surface area (Å²) in [6.07, 6.45) is 4.01. The molecule has 16 heavy (non-hydrogen) atoms. The van der Waals surface area contributed by atoms with E-state index in [0.29, 0.717) is 5.82 Å². The van der Waals surface area contributed by atoms with Crippen LogP contribution < -0.4 is 16.4 Å². The van der Waals surface area contributed by atoms with Crippen molar-refractivity contribution in [2.24, 2.45) is 5.92 Å². The van der Waals surface area contributed by atoms with Gasteiger partial charge in [0.25, 0.3) is 0 Å². The number of hydrogen-bond donors (Lipinski definition) is 2. The fourth-order valence-corrected chi connectivity index (χ4v) is 2.01. The fourth-order valence-electron chi connectivity index (χ4n) is 2.01. The molecule has 0 unspecified atom stereocenters. The Morgan fingerprint density at radius 2 is 2.12 bits per heavy atom. The molecule has 0 radical (unpaired) electrons. The van der Waals surface area contributed by atoms with Crippen LogP contribution >= 0.6 is 0 Å². The van der Waals surface area contributed by atoms with Gasteiger partial charge in [0.1, 0.15) is 11.6 Å². The van der Waals surface area contributed by atoms with Gasteiger partial charge >= 0.3 is 0 Å². The molecule has 1 aromatic rings. The molecule has 1 aromatic heterocycles. The van der Waals surface area contributed by atoms with Crippen molar-refractivity contribution in [2.45, 2.75) is 26.2 Å². The average Bonchev–Trinajstić information content (AvgIpc) is 2.14. The number of anilines is 3. The second-order valence-corrected chi connectivity index (χ2v) is 4.34. The molecule has 5 heteroatoms. The van der Waals surface area contributed by atoms with Gasteiger partial charge in [-0.2, -0.15) is 9.97 Å². The molecule has 88 valence electrons. The van der Waals surface area contributed by atoms with Crippen molar-refractivity contribution in [3.8, 4) is 0 Å². The van der Waals surface area contributed by atoms with Crippen LogP contribution in [0.25, 0.3) is 0 Å². The maximum absolute atomic E-state index is 5.67. The Hall–Kier alpha value is -1.52. The Bertz CT molecular complexity index is 341. The van der Waals surface area contributed by atoms with E-state index in [4.69, 9.17) is 11.5 Å². The van der Waals surface area contributed by atoms with E-state index in [1.54, 1.807) is 6.07 Å². The molecule has 0 saturated heterocycles. The molecular weight excluding hydrogens is 202 g/mol. The third kappa shape index (κ3) is 2.35. The van der Waals surface area contributed by atoms with E-state index in [0.717, 1.165) is 24.8 Å². The van der Waals surface area contributed by atoms with Crippen molar-refractivity contribution >= 4 is 17.6 Å². The second kappa shape index (κ2) is 4.55. The molecule has 0 amide bonds. The number of rotatable bonds is 4. The molecule has 0 atom stereocenters. The van der Waals surface area contributed by atoms with Crippen molar-refractivity contribution in [2.75, 3.05) is 29.5 Å². The van der Waals surface area contributed by atoms with Gasteiger partial charge in [0.05, 0.1) is 0 Å². The molecule has 0 aliphatic heterocycles. The van der Waals surface area contributed by atoms with Gasteiger partial charge in [-0.05, 0) is 25.7 Å². The van der Waals surface area contributed by atoms with Gasteiger partial charge in [0.15, 0.2) is 0 Å². The first-order chi connectivity index (χ1) is 7.69. The number of nitrogens with zero attached hydrogens (tertiary/aromatic N) is 3. The van der Waals surface area contributed by atoms with Gasteiger partial charge in [-0.3, -0.25) is 0 Å². The largest absolute Gasteiger partial charge is 0.383 e. The predicted molar refractivity (Wildman–Crippen MR) is 66.1 cm³/mol. The Morgan fingerprint density at radius 1 is 1.38 bits per heavy atom. The molecule has 1 heterocycles. The van der Waals surface area contributed by atoms with E-state index in [1.165, 1.54) is 19.3 Å². The highest BCUT2D eigenvalue weighted by atomic mass is 15.2. The molecule has 1 fully saturated rings. The van der Waals surface area contributed by atoms with Gasteiger partial charge in [-0.15, -0.1) is 0 Å². The lowest BCUT2D eigenvalue weighted by Gasteiger charge is -2.32. The smallest absolute Gasteiger partial charge is 0.223 e. The normalized spacial score (nSPS) is 15.8. The maximum atomic E-state index is 5.67. The Balaban J connectivity index is 2.11. The molecule has 1 aliphatic rings. The zero-order valence-corrected chi connectivity index (χ0v) is 9.69.